The van der Waals surface area contributed by atoms with E-state index in [-0.39, 0.29) is 11.1 Å². The standard InChI is InChI=1S/C9H5BrF3N.C9H6F3N/c10-4-6-1-2-7(5-14)8(3-6)9(11,12)13;1-6-2-3-7(5-13)8(4-6)9(10,11)12/h1-3H,4H2;2-4H,1H3. The Kier molecular flexibility index (Phi) is 7.44. The number of aryl methyl sites for hydroxylation is 1. The lowest BCUT2D eigenvalue weighted by molar-refractivity contribution is -0.138. The van der Waals surface area contributed by atoms with Gasteiger partial charge in [-0.3, -0.25) is 0 Å². The molecule has 0 amide bonds. The average molecular weight is 449 g/mol. The Morgan fingerprint density at radius 2 is 1.26 bits per heavy atom. The van der Waals surface area contributed by atoms with Gasteiger partial charge in [0.05, 0.1) is 34.4 Å². The monoisotopic (exact) mass is 448 g/mol. The van der Waals surface area contributed by atoms with Gasteiger partial charge in [-0.2, -0.15) is 36.9 Å². The van der Waals surface area contributed by atoms with Gasteiger partial charge in [0, 0.05) is 5.33 Å². The highest BCUT2D eigenvalue weighted by Crippen LogP contribution is 2.33. The number of halogens is 7. The summed E-state index contributed by atoms with van der Waals surface area (Å²) in [5.74, 6) is 0. The van der Waals surface area contributed by atoms with Crippen molar-refractivity contribution in [2.45, 2.75) is 24.6 Å². The number of nitrogens with zero attached hydrogens (tertiary/aromatic N) is 2. The Balaban J connectivity index is 0.000000271. The Labute approximate surface area is 159 Å². The summed E-state index contributed by atoms with van der Waals surface area (Å²) < 4.78 is 73.9. The Bertz CT molecular complexity index is 889. The van der Waals surface area contributed by atoms with E-state index < -0.39 is 23.5 Å². The van der Waals surface area contributed by atoms with Crippen LogP contribution in [-0.2, 0) is 17.7 Å². The van der Waals surface area contributed by atoms with E-state index in [1.807, 2.05) is 0 Å². The molecule has 0 aliphatic rings. The first-order valence-corrected chi connectivity index (χ1v) is 8.30. The third kappa shape index (κ3) is 6.30. The molecule has 0 saturated carbocycles. The number of hydrogen-bond acceptors (Lipinski definition) is 2. The van der Waals surface area contributed by atoms with Gasteiger partial charge in [0.2, 0.25) is 0 Å². The van der Waals surface area contributed by atoms with Crippen LogP contribution < -0.4 is 0 Å². The average Bonchev–Trinajstić information content (AvgIpc) is 2.60. The van der Waals surface area contributed by atoms with Crippen LogP contribution in [0.15, 0.2) is 36.4 Å². The molecule has 0 N–H and O–H groups in total. The van der Waals surface area contributed by atoms with E-state index in [2.05, 4.69) is 15.9 Å². The summed E-state index contributed by atoms with van der Waals surface area (Å²) >= 11 is 3.05. The molecular formula is C18H11BrF6N2. The van der Waals surface area contributed by atoms with Crippen molar-refractivity contribution in [3.8, 4) is 12.1 Å². The van der Waals surface area contributed by atoms with Crippen LogP contribution in [-0.4, -0.2) is 0 Å². The van der Waals surface area contributed by atoms with Gasteiger partial charge < -0.3 is 0 Å². The number of hydrogen-bond donors (Lipinski definition) is 0. The summed E-state index contributed by atoms with van der Waals surface area (Å²) in [4.78, 5) is 0. The third-order valence-electron chi connectivity index (χ3n) is 3.27. The highest BCUT2D eigenvalue weighted by atomic mass is 79.9. The molecule has 9 heteroatoms. The van der Waals surface area contributed by atoms with Crippen LogP contribution in [0.3, 0.4) is 0 Å². The molecule has 0 saturated heterocycles. The van der Waals surface area contributed by atoms with Crippen molar-refractivity contribution in [2.24, 2.45) is 0 Å². The molecule has 0 fully saturated rings. The van der Waals surface area contributed by atoms with Crippen molar-refractivity contribution in [3.63, 3.8) is 0 Å². The maximum atomic E-state index is 12.4. The number of nitriles is 2. The number of alkyl halides is 7. The van der Waals surface area contributed by atoms with E-state index in [1.54, 1.807) is 6.92 Å². The summed E-state index contributed by atoms with van der Waals surface area (Å²) in [6, 6.07) is 10.3. The summed E-state index contributed by atoms with van der Waals surface area (Å²) in [6.07, 6.45) is -8.92. The van der Waals surface area contributed by atoms with E-state index >= 15 is 0 Å². The Hall–Kier alpha value is -2.52. The predicted molar refractivity (Wildman–Crippen MR) is 89.7 cm³/mol. The van der Waals surface area contributed by atoms with Crippen LogP contribution >= 0.6 is 15.9 Å². The Morgan fingerprint density at radius 3 is 1.67 bits per heavy atom. The van der Waals surface area contributed by atoms with Crippen LogP contribution in [0.4, 0.5) is 26.3 Å². The molecule has 0 radical (unpaired) electrons. The minimum Gasteiger partial charge on any atom is -0.192 e. The van der Waals surface area contributed by atoms with Crippen molar-refractivity contribution >= 4 is 15.9 Å². The lowest BCUT2D eigenvalue weighted by Crippen LogP contribution is -2.08. The van der Waals surface area contributed by atoms with Gasteiger partial charge in [-0.1, -0.05) is 33.6 Å². The summed E-state index contributed by atoms with van der Waals surface area (Å²) in [5.41, 5.74) is -1.44. The normalized spacial score (nSPS) is 11.0. The smallest absolute Gasteiger partial charge is 0.192 e. The highest BCUT2D eigenvalue weighted by Gasteiger charge is 2.34. The zero-order valence-corrected chi connectivity index (χ0v) is 15.3. The van der Waals surface area contributed by atoms with Crippen molar-refractivity contribution < 1.29 is 26.3 Å². The molecule has 0 aliphatic carbocycles. The molecular weight excluding hydrogens is 438 g/mol. The first kappa shape index (κ1) is 22.5. The predicted octanol–water partition coefficient (Wildman–Crippen LogP) is 6.36. The van der Waals surface area contributed by atoms with Gasteiger partial charge in [-0.05, 0) is 36.8 Å². The quantitative estimate of drug-likeness (QED) is 0.376. The fourth-order valence-electron chi connectivity index (χ4n) is 2.00. The third-order valence-corrected chi connectivity index (χ3v) is 3.91. The molecule has 142 valence electrons. The van der Waals surface area contributed by atoms with Crippen molar-refractivity contribution in [1.29, 1.82) is 10.5 Å². The minimum absolute atomic E-state index is 0.335. The zero-order valence-electron chi connectivity index (χ0n) is 13.7. The molecule has 0 aliphatic heterocycles. The lowest BCUT2D eigenvalue weighted by Gasteiger charge is -2.09. The minimum atomic E-state index is -4.47. The molecule has 0 unspecified atom stereocenters. The van der Waals surface area contributed by atoms with Crippen molar-refractivity contribution in [2.75, 3.05) is 0 Å². The maximum absolute atomic E-state index is 12.4. The van der Waals surface area contributed by atoms with E-state index in [9.17, 15) is 26.3 Å². The molecule has 0 atom stereocenters. The molecule has 0 spiro atoms. The highest BCUT2D eigenvalue weighted by molar-refractivity contribution is 9.08. The van der Waals surface area contributed by atoms with Crippen LogP contribution in [0.5, 0.6) is 0 Å². The first-order valence-electron chi connectivity index (χ1n) is 7.18. The van der Waals surface area contributed by atoms with Gasteiger partial charge in [-0.25, -0.2) is 0 Å². The van der Waals surface area contributed by atoms with Crippen LogP contribution in [0, 0.1) is 29.6 Å². The van der Waals surface area contributed by atoms with Crippen molar-refractivity contribution in [1.82, 2.24) is 0 Å². The Morgan fingerprint density at radius 1 is 0.815 bits per heavy atom. The fourth-order valence-corrected chi connectivity index (χ4v) is 2.35. The van der Waals surface area contributed by atoms with E-state index in [4.69, 9.17) is 10.5 Å². The second-order valence-corrected chi connectivity index (χ2v) is 5.84. The first-order chi connectivity index (χ1) is 12.4. The van der Waals surface area contributed by atoms with Gasteiger partial charge in [0.15, 0.2) is 0 Å². The number of benzene rings is 2. The molecule has 2 nitrogen and oxygen atoms in total. The maximum Gasteiger partial charge on any atom is 0.417 e. The van der Waals surface area contributed by atoms with E-state index in [0.29, 0.717) is 16.5 Å². The van der Waals surface area contributed by atoms with Gasteiger partial charge in [0.1, 0.15) is 0 Å². The molecule has 27 heavy (non-hydrogen) atoms. The molecule has 2 rings (SSSR count). The van der Waals surface area contributed by atoms with E-state index in [0.717, 1.165) is 12.1 Å². The molecule has 0 aromatic heterocycles. The topological polar surface area (TPSA) is 47.6 Å². The second kappa shape index (κ2) is 8.92. The fraction of sp³-hybridized carbons (Fsp3) is 0.222. The molecule has 0 heterocycles. The van der Waals surface area contributed by atoms with Gasteiger partial charge >= 0.3 is 12.4 Å². The van der Waals surface area contributed by atoms with E-state index in [1.165, 1.54) is 36.4 Å². The van der Waals surface area contributed by atoms with Crippen LogP contribution in [0.2, 0.25) is 0 Å². The van der Waals surface area contributed by atoms with Gasteiger partial charge in [0.25, 0.3) is 0 Å². The SMILES string of the molecule is Cc1ccc(C#N)c(C(F)(F)F)c1.N#Cc1ccc(CBr)cc1C(F)(F)F. The second-order valence-electron chi connectivity index (χ2n) is 5.28. The molecule has 0 bridgehead atoms. The molecule has 2 aromatic rings. The van der Waals surface area contributed by atoms with Gasteiger partial charge in [-0.15, -0.1) is 0 Å². The van der Waals surface area contributed by atoms with Crippen LogP contribution in [0.25, 0.3) is 0 Å². The largest absolute Gasteiger partial charge is 0.417 e. The lowest BCUT2D eigenvalue weighted by atomic mass is 10.1. The number of rotatable bonds is 1. The zero-order chi connectivity index (χ0) is 20.8. The summed E-state index contributed by atoms with van der Waals surface area (Å²) in [6.45, 7) is 1.55. The molecule has 2 aromatic carbocycles. The summed E-state index contributed by atoms with van der Waals surface area (Å²) in [7, 11) is 0. The van der Waals surface area contributed by atoms with Crippen molar-refractivity contribution in [3.05, 3.63) is 69.8 Å². The summed E-state index contributed by atoms with van der Waals surface area (Å²) in [5, 5.41) is 17.2. The van der Waals surface area contributed by atoms with Crippen LogP contribution in [0.1, 0.15) is 33.4 Å².